The number of hydrogen-bond acceptors (Lipinski definition) is 8. The Morgan fingerprint density at radius 1 is 1.18 bits per heavy atom. The van der Waals surface area contributed by atoms with Gasteiger partial charge in [0.2, 0.25) is 10.4 Å². The number of carbonyl (C=O) groups excluding carboxylic acids is 1. The largest absolute Gasteiger partial charge is 1.00 e. The molecule has 2 N–H and O–H groups in total. The molecule has 0 saturated carbocycles. The predicted molar refractivity (Wildman–Crippen MR) is 64.8 cm³/mol. The average Bonchev–Trinajstić information content (AvgIpc) is 2.24. The van der Waals surface area contributed by atoms with E-state index in [0.717, 1.165) is 0 Å². The molecule has 0 heterocycles. The standard InChI is InChI=1S/C11H22O8S.2Na/c1-11(2,3)8(4-7(5-12)10(14)15)9(6-13)19-20(16,17)18;;/h7-9,12-13H,4-6H2,1-3H3,(H,14,15)(H,16,17,18);;/q;2*+1/p-2. The third-order valence-corrected chi connectivity index (χ3v) is 3.56. The number of carbonyl (C=O) groups is 1. The van der Waals surface area contributed by atoms with E-state index in [1.807, 2.05) is 0 Å². The molecule has 0 aliphatic carbocycles. The zero-order valence-electron chi connectivity index (χ0n) is 13.6. The molecule has 0 aromatic rings. The van der Waals surface area contributed by atoms with Crippen molar-refractivity contribution in [3.05, 3.63) is 0 Å². The zero-order valence-corrected chi connectivity index (χ0v) is 18.4. The van der Waals surface area contributed by atoms with E-state index >= 15 is 0 Å². The van der Waals surface area contributed by atoms with Crippen molar-refractivity contribution in [1.82, 2.24) is 0 Å². The number of rotatable bonds is 8. The Morgan fingerprint density at radius 3 is 1.86 bits per heavy atom. The molecule has 0 aliphatic heterocycles. The quantitative estimate of drug-likeness (QED) is 0.247. The summed E-state index contributed by atoms with van der Waals surface area (Å²) in [6.07, 6.45) is -1.57. The predicted octanol–water partition coefficient (Wildman–Crippen LogP) is -7.76. The molecule has 120 valence electrons. The van der Waals surface area contributed by atoms with Crippen LogP contribution in [0.15, 0.2) is 0 Å². The van der Waals surface area contributed by atoms with Crippen molar-refractivity contribution in [2.24, 2.45) is 17.3 Å². The minimum atomic E-state index is -5.04. The van der Waals surface area contributed by atoms with Crippen LogP contribution in [0.25, 0.3) is 0 Å². The van der Waals surface area contributed by atoms with Crippen molar-refractivity contribution >= 4 is 16.4 Å². The fourth-order valence-corrected chi connectivity index (χ4v) is 2.49. The van der Waals surface area contributed by atoms with E-state index in [4.69, 9.17) is 5.11 Å². The maximum atomic E-state index is 10.8. The first kappa shape index (κ1) is 28.1. The summed E-state index contributed by atoms with van der Waals surface area (Å²) in [5.41, 5.74) is -0.666. The van der Waals surface area contributed by atoms with E-state index in [0.29, 0.717) is 0 Å². The number of carboxylic acid groups (broad SMARTS) is 1. The number of aliphatic hydroxyl groups is 2. The van der Waals surface area contributed by atoms with Crippen molar-refractivity contribution in [2.45, 2.75) is 33.3 Å². The van der Waals surface area contributed by atoms with Crippen LogP contribution in [0.5, 0.6) is 0 Å². The molecule has 0 aliphatic rings. The first-order valence-corrected chi connectivity index (χ1v) is 7.32. The molecular weight excluding hydrogens is 338 g/mol. The van der Waals surface area contributed by atoms with Gasteiger partial charge >= 0.3 is 59.1 Å². The van der Waals surface area contributed by atoms with E-state index in [1.54, 1.807) is 20.8 Å². The number of aliphatic carboxylic acids is 1. The second-order valence-corrected chi connectivity index (χ2v) is 6.64. The summed E-state index contributed by atoms with van der Waals surface area (Å²) < 4.78 is 36.2. The van der Waals surface area contributed by atoms with Gasteiger partial charge in [-0.15, -0.1) is 0 Å². The van der Waals surface area contributed by atoms with Crippen LogP contribution in [0.2, 0.25) is 0 Å². The van der Waals surface area contributed by atoms with Crippen LogP contribution in [-0.2, 0) is 19.4 Å². The first-order valence-electron chi connectivity index (χ1n) is 5.99. The van der Waals surface area contributed by atoms with Crippen molar-refractivity contribution in [2.75, 3.05) is 13.2 Å². The number of carboxylic acids is 1. The van der Waals surface area contributed by atoms with Gasteiger partial charge in [0.15, 0.2) is 0 Å². The van der Waals surface area contributed by atoms with Crippen molar-refractivity contribution < 1.29 is 96.4 Å². The molecule has 8 nitrogen and oxygen atoms in total. The Morgan fingerprint density at radius 2 is 1.64 bits per heavy atom. The van der Waals surface area contributed by atoms with Gasteiger partial charge in [-0.1, -0.05) is 20.8 Å². The Balaban J connectivity index is -0.00000180. The zero-order chi connectivity index (χ0) is 16.1. The van der Waals surface area contributed by atoms with E-state index in [9.17, 15) is 28.0 Å². The second-order valence-electron chi connectivity index (χ2n) is 5.63. The van der Waals surface area contributed by atoms with Gasteiger partial charge in [0.1, 0.15) is 6.10 Å². The average molecular weight is 358 g/mol. The van der Waals surface area contributed by atoms with Gasteiger partial charge in [0.05, 0.1) is 13.2 Å². The molecule has 0 saturated heterocycles. The van der Waals surface area contributed by atoms with Crippen molar-refractivity contribution in [3.8, 4) is 0 Å². The Labute approximate surface area is 175 Å². The Bertz CT molecular complexity index is 420. The molecule has 0 radical (unpaired) electrons. The molecule has 0 fully saturated rings. The molecule has 0 aromatic carbocycles. The molecule has 22 heavy (non-hydrogen) atoms. The van der Waals surface area contributed by atoms with Gasteiger partial charge in [-0.2, -0.15) is 0 Å². The van der Waals surface area contributed by atoms with Gasteiger partial charge in [0, 0.05) is 11.9 Å². The first-order chi connectivity index (χ1) is 8.92. The summed E-state index contributed by atoms with van der Waals surface area (Å²) in [5, 5.41) is 29.0. The number of aliphatic hydroxyl groups excluding tert-OH is 2. The third-order valence-electron chi connectivity index (χ3n) is 3.07. The third kappa shape index (κ3) is 10.9. The molecular formula is C11H20Na2O8S. The molecule has 0 rings (SSSR count). The molecule has 0 aromatic heterocycles. The minimum Gasteiger partial charge on any atom is -0.726 e. The van der Waals surface area contributed by atoms with Crippen LogP contribution in [-0.4, -0.2) is 48.5 Å². The Kier molecular flexibility index (Phi) is 15.0. The van der Waals surface area contributed by atoms with Gasteiger partial charge in [-0.05, 0) is 17.8 Å². The maximum absolute atomic E-state index is 10.8. The van der Waals surface area contributed by atoms with Crippen LogP contribution in [0, 0.1) is 17.3 Å². The van der Waals surface area contributed by atoms with E-state index < -0.39 is 52.9 Å². The fourth-order valence-electron chi connectivity index (χ4n) is 1.99. The van der Waals surface area contributed by atoms with Gasteiger partial charge in [0.25, 0.3) is 0 Å². The van der Waals surface area contributed by atoms with Gasteiger partial charge in [-0.3, -0.25) is 4.18 Å². The molecule has 0 amide bonds. The summed E-state index contributed by atoms with van der Waals surface area (Å²) in [5.74, 6) is -3.53. The van der Waals surface area contributed by atoms with Crippen molar-refractivity contribution in [1.29, 1.82) is 0 Å². The second kappa shape index (κ2) is 11.8. The summed E-state index contributed by atoms with van der Waals surface area (Å²) in [6, 6.07) is 0. The van der Waals surface area contributed by atoms with E-state index in [-0.39, 0.29) is 65.5 Å². The fraction of sp³-hybridized carbons (Fsp3) is 0.909. The summed E-state index contributed by atoms with van der Waals surface area (Å²) in [7, 11) is -5.04. The van der Waals surface area contributed by atoms with E-state index in [2.05, 4.69) is 4.18 Å². The molecule has 0 bridgehead atoms. The minimum absolute atomic E-state index is 0. The molecule has 0 spiro atoms. The van der Waals surface area contributed by atoms with Gasteiger partial charge in [-0.25, -0.2) is 8.42 Å². The molecule has 3 atom stereocenters. The van der Waals surface area contributed by atoms with E-state index in [1.165, 1.54) is 0 Å². The van der Waals surface area contributed by atoms with Gasteiger partial charge < -0.3 is 24.7 Å². The van der Waals surface area contributed by atoms with Crippen LogP contribution >= 0.6 is 0 Å². The maximum Gasteiger partial charge on any atom is 1.00 e. The van der Waals surface area contributed by atoms with Crippen LogP contribution in [0.4, 0.5) is 0 Å². The monoisotopic (exact) mass is 358 g/mol. The topological polar surface area (TPSA) is 147 Å². The molecule has 3 unspecified atom stereocenters. The summed E-state index contributed by atoms with van der Waals surface area (Å²) in [4.78, 5) is 10.8. The van der Waals surface area contributed by atoms with Crippen LogP contribution in [0.3, 0.4) is 0 Å². The molecule has 11 heteroatoms. The van der Waals surface area contributed by atoms with Crippen LogP contribution < -0.4 is 64.2 Å². The summed E-state index contributed by atoms with van der Waals surface area (Å²) in [6.45, 7) is 3.55. The Hall–Kier alpha value is 1.26. The SMILES string of the molecule is CC(C)(C)C(CC(CO)C(=O)[O-])C(CO)OS(=O)(=O)[O-].[Na+].[Na+]. The smallest absolute Gasteiger partial charge is 0.726 e. The summed E-state index contributed by atoms with van der Waals surface area (Å²) >= 11 is 0. The van der Waals surface area contributed by atoms with Crippen LogP contribution in [0.1, 0.15) is 27.2 Å². The van der Waals surface area contributed by atoms with Crippen molar-refractivity contribution in [3.63, 3.8) is 0 Å². The normalized spacial score (nSPS) is 15.9. The number of hydrogen-bond donors (Lipinski definition) is 2.